The molecule has 0 aliphatic carbocycles. The first-order valence-electron chi connectivity index (χ1n) is 2.88. The molecule has 0 unspecified atom stereocenters. The first-order valence-corrected chi connectivity index (χ1v) is 2.88. The van der Waals surface area contributed by atoms with Gasteiger partial charge in [0.25, 0.3) is 0 Å². The SMILES string of the molecule is FC(F)=COCCOC=C(F)F. The summed E-state index contributed by atoms with van der Waals surface area (Å²) in [5, 5.41) is 0. The van der Waals surface area contributed by atoms with Crippen molar-refractivity contribution in [3.05, 3.63) is 24.7 Å². The second kappa shape index (κ2) is 6.51. The molecule has 0 radical (unpaired) electrons. The highest BCUT2D eigenvalue weighted by Crippen LogP contribution is 1.98. The van der Waals surface area contributed by atoms with Crippen LogP contribution in [0.25, 0.3) is 0 Å². The van der Waals surface area contributed by atoms with Gasteiger partial charge in [-0.25, -0.2) is 0 Å². The molecule has 70 valence electrons. The minimum atomic E-state index is -1.98. The largest absolute Gasteiger partial charge is 0.492 e. The molecule has 12 heavy (non-hydrogen) atoms. The molecule has 0 aromatic heterocycles. The monoisotopic (exact) mass is 186 g/mol. The third-order valence-corrected chi connectivity index (χ3v) is 0.664. The highest BCUT2D eigenvalue weighted by Gasteiger charge is 1.90. The molecule has 0 amide bonds. The van der Waals surface area contributed by atoms with Crippen LogP contribution >= 0.6 is 0 Å². The lowest BCUT2D eigenvalue weighted by molar-refractivity contribution is 0.135. The Morgan fingerprint density at radius 1 is 0.833 bits per heavy atom. The van der Waals surface area contributed by atoms with E-state index in [2.05, 4.69) is 9.47 Å². The van der Waals surface area contributed by atoms with Crippen molar-refractivity contribution in [2.24, 2.45) is 0 Å². The fourth-order valence-electron chi connectivity index (χ4n) is 0.340. The average molecular weight is 186 g/mol. The lowest BCUT2D eigenvalue weighted by atomic mass is 10.8. The van der Waals surface area contributed by atoms with Crippen molar-refractivity contribution in [2.75, 3.05) is 13.2 Å². The van der Waals surface area contributed by atoms with Gasteiger partial charge in [0, 0.05) is 0 Å². The van der Waals surface area contributed by atoms with Gasteiger partial charge < -0.3 is 9.47 Å². The molecule has 0 saturated heterocycles. The lowest BCUT2D eigenvalue weighted by Gasteiger charge is -1.98. The van der Waals surface area contributed by atoms with E-state index in [1.54, 1.807) is 0 Å². The number of halogens is 4. The first kappa shape index (κ1) is 10.8. The van der Waals surface area contributed by atoms with Crippen LogP contribution in [0.4, 0.5) is 17.6 Å². The minimum absolute atomic E-state index is 0.207. The Morgan fingerprint density at radius 3 is 1.42 bits per heavy atom. The van der Waals surface area contributed by atoms with E-state index >= 15 is 0 Å². The quantitative estimate of drug-likeness (QED) is 0.373. The van der Waals surface area contributed by atoms with Crippen molar-refractivity contribution in [1.82, 2.24) is 0 Å². The number of hydrogen-bond acceptors (Lipinski definition) is 2. The molecule has 0 aliphatic rings. The van der Waals surface area contributed by atoms with E-state index in [1.807, 2.05) is 0 Å². The van der Waals surface area contributed by atoms with Crippen molar-refractivity contribution >= 4 is 0 Å². The fraction of sp³-hybridized carbons (Fsp3) is 0.333. The van der Waals surface area contributed by atoms with Gasteiger partial charge in [-0.1, -0.05) is 0 Å². The Labute approximate surface area is 66.1 Å². The van der Waals surface area contributed by atoms with Gasteiger partial charge in [-0.15, -0.1) is 0 Å². The Balaban J connectivity index is 3.23. The second-order valence-corrected chi connectivity index (χ2v) is 1.56. The van der Waals surface area contributed by atoms with E-state index in [-0.39, 0.29) is 25.7 Å². The number of ether oxygens (including phenoxy) is 2. The predicted molar refractivity (Wildman–Crippen MR) is 32.5 cm³/mol. The zero-order chi connectivity index (χ0) is 9.40. The molecule has 0 atom stereocenters. The van der Waals surface area contributed by atoms with Crippen LogP contribution in [0.1, 0.15) is 0 Å². The van der Waals surface area contributed by atoms with Crippen LogP contribution in [-0.4, -0.2) is 13.2 Å². The summed E-state index contributed by atoms with van der Waals surface area (Å²) in [5.41, 5.74) is 0. The van der Waals surface area contributed by atoms with E-state index in [4.69, 9.17) is 0 Å². The summed E-state index contributed by atoms with van der Waals surface area (Å²) < 4.78 is 53.3. The van der Waals surface area contributed by atoms with Crippen molar-refractivity contribution < 1.29 is 27.0 Å². The number of hydrogen-bond donors (Lipinski definition) is 0. The summed E-state index contributed by atoms with van der Waals surface area (Å²) >= 11 is 0. The van der Waals surface area contributed by atoms with Gasteiger partial charge in [-0.05, 0) is 0 Å². The van der Waals surface area contributed by atoms with Crippen molar-refractivity contribution in [1.29, 1.82) is 0 Å². The van der Waals surface area contributed by atoms with Gasteiger partial charge in [0.05, 0.1) is 0 Å². The molecule has 0 spiro atoms. The lowest BCUT2D eigenvalue weighted by Crippen LogP contribution is -1.96. The first-order chi connectivity index (χ1) is 5.63. The molecular weight excluding hydrogens is 180 g/mol. The van der Waals surface area contributed by atoms with Gasteiger partial charge >= 0.3 is 12.2 Å². The molecule has 0 saturated carbocycles. The van der Waals surface area contributed by atoms with Crippen molar-refractivity contribution in [3.63, 3.8) is 0 Å². The summed E-state index contributed by atoms with van der Waals surface area (Å²) in [4.78, 5) is 0. The third kappa shape index (κ3) is 8.80. The molecule has 0 fully saturated rings. The van der Waals surface area contributed by atoms with Gasteiger partial charge in [0.15, 0.2) is 0 Å². The van der Waals surface area contributed by atoms with Crippen LogP contribution in [0.2, 0.25) is 0 Å². The Bertz CT molecular complexity index is 150. The fourth-order valence-corrected chi connectivity index (χ4v) is 0.340. The van der Waals surface area contributed by atoms with Gasteiger partial charge in [-0.2, -0.15) is 17.6 Å². The van der Waals surface area contributed by atoms with Crippen LogP contribution in [0.3, 0.4) is 0 Å². The highest BCUT2D eigenvalue weighted by molar-refractivity contribution is 4.71. The maximum absolute atomic E-state index is 11.2. The van der Waals surface area contributed by atoms with Crippen LogP contribution in [-0.2, 0) is 9.47 Å². The highest BCUT2D eigenvalue weighted by atomic mass is 19.3. The van der Waals surface area contributed by atoms with E-state index in [0.29, 0.717) is 0 Å². The normalized spacial score (nSPS) is 8.67. The summed E-state index contributed by atoms with van der Waals surface area (Å²) in [7, 11) is 0. The van der Waals surface area contributed by atoms with Gasteiger partial charge in [-0.3, -0.25) is 0 Å². The smallest absolute Gasteiger partial charge is 0.304 e. The summed E-state index contributed by atoms with van der Waals surface area (Å²) in [6.45, 7) is -0.414. The Kier molecular flexibility index (Phi) is 5.86. The molecule has 6 heteroatoms. The Hall–Kier alpha value is -1.20. The zero-order valence-electron chi connectivity index (χ0n) is 5.90. The Morgan fingerprint density at radius 2 is 1.17 bits per heavy atom. The molecule has 2 nitrogen and oxygen atoms in total. The van der Waals surface area contributed by atoms with E-state index in [0.717, 1.165) is 0 Å². The van der Waals surface area contributed by atoms with Gasteiger partial charge in [0.1, 0.15) is 25.7 Å². The van der Waals surface area contributed by atoms with Crippen LogP contribution in [0.15, 0.2) is 24.7 Å². The van der Waals surface area contributed by atoms with Gasteiger partial charge in [0.2, 0.25) is 0 Å². The van der Waals surface area contributed by atoms with Crippen molar-refractivity contribution in [3.8, 4) is 0 Å². The van der Waals surface area contributed by atoms with Crippen molar-refractivity contribution in [2.45, 2.75) is 0 Å². The predicted octanol–water partition coefficient (Wildman–Crippen LogP) is 2.50. The second-order valence-electron chi connectivity index (χ2n) is 1.56. The molecule has 0 aromatic carbocycles. The van der Waals surface area contributed by atoms with E-state index in [1.165, 1.54) is 0 Å². The van der Waals surface area contributed by atoms with Crippen LogP contribution in [0.5, 0.6) is 0 Å². The molecule has 0 aromatic rings. The summed E-state index contributed by atoms with van der Waals surface area (Å²) in [6, 6.07) is 0. The van der Waals surface area contributed by atoms with E-state index in [9.17, 15) is 17.6 Å². The maximum Gasteiger partial charge on any atom is 0.304 e. The maximum atomic E-state index is 11.2. The molecule has 0 rings (SSSR count). The third-order valence-electron chi connectivity index (χ3n) is 0.664. The number of rotatable bonds is 5. The zero-order valence-corrected chi connectivity index (χ0v) is 5.90. The average Bonchev–Trinajstić information content (AvgIpc) is 1.95. The standard InChI is InChI=1S/C6H6F4O2/c7-5(8)3-11-1-2-12-4-6(9)10/h3-4H,1-2H2. The molecule has 0 heterocycles. The summed E-state index contributed by atoms with van der Waals surface area (Å²) in [5.74, 6) is 0. The van der Waals surface area contributed by atoms with Crippen LogP contribution in [0, 0.1) is 0 Å². The molecule has 0 bridgehead atoms. The topological polar surface area (TPSA) is 18.5 Å². The molecule has 0 N–H and O–H groups in total. The minimum Gasteiger partial charge on any atom is -0.492 e. The molecule has 0 aliphatic heterocycles. The molecular formula is C6H6F4O2. The summed E-state index contributed by atoms with van der Waals surface area (Å²) in [6.07, 6.45) is -3.53. The van der Waals surface area contributed by atoms with Crippen LogP contribution < -0.4 is 0 Å². The van der Waals surface area contributed by atoms with E-state index < -0.39 is 12.2 Å².